The van der Waals surface area contributed by atoms with Crippen molar-refractivity contribution in [2.45, 2.75) is 131 Å². The van der Waals surface area contributed by atoms with Crippen molar-refractivity contribution in [1.82, 2.24) is 0 Å². The number of hydrogen-bond donors (Lipinski definition) is 2. The smallest absolute Gasteiger partial charge is 0.399 e. The Hall–Kier alpha value is -1.50. The molecule has 3 nitrogen and oxygen atoms in total. The number of alkyl halides is 4. The fourth-order valence-corrected chi connectivity index (χ4v) is 10.9. The summed E-state index contributed by atoms with van der Waals surface area (Å²) in [6, 6.07) is 2.90. The number of halogens is 4. The van der Waals surface area contributed by atoms with Crippen LogP contribution in [0.25, 0.3) is 0 Å². The molecule has 0 radical (unpaired) electrons. The van der Waals surface area contributed by atoms with Gasteiger partial charge in [-0.1, -0.05) is 54.4 Å². The zero-order valence-electron chi connectivity index (χ0n) is 28.0. The van der Waals surface area contributed by atoms with Crippen LogP contribution in [-0.2, 0) is 10.7 Å². The molecule has 2 unspecified atom stereocenters. The second-order valence-corrected chi connectivity index (χ2v) is 16.8. The molecule has 250 valence electrons. The number of benzene rings is 1. The monoisotopic (exact) mass is 622 g/mol. The van der Waals surface area contributed by atoms with Crippen LogP contribution >= 0.6 is 0 Å². The van der Waals surface area contributed by atoms with Crippen LogP contribution in [-0.4, -0.2) is 12.7 Å². The minimum Gasteiger partial charge on any atom is -0.399 e. The van der Waals surface area contributed by atoms with Crippen LogP contribution in [0.1, 0.15) is 124 Å². The lowest BCUT2D eigenvalue weighted by Crippen LogP contribution is -2.53. The summed E-state index contributed by atoms with van der Waals surface area (Å²) in [5.74, 6) is -0.136. The van der Waals surface area contributed by atoms with E-state index in [2.05, 4.69) is 34.6 Å². The summed E-state index contributed by atoms with van der Waals surface area (Å²) in [5, 5.41) is 0. The maximum absolute atomic E-state index is 14.9. The average molecular weight is 623 g/mol. The Balaban J connectivity index is 1.17. The lowest BCUT2D eigenvalue weighted by molar-refractivity contribution is -0.358. The van der Waals surface area contributed by atoms with Crippen LogP contribution in [0, 0.1) is 57.7 Å². The van der Waals surface area contributed by atoms with E-state index in [4.69, 9.17) is 16.2 Å². The van der Waals surface area contributed by atoms with Gasteiger partial charge in [0.25, 0.3) is 0 Å². The van der Waals surface area contributed by atoms with Gasteiger partial charge in [-0.25, -0.2) is 0 Å². The Labute approximate surface area is 263 Å². The van der Waals surface area contributed by atoms with Crippen LogP contribution in [0.15, 0.2) is 18.2 Å². The fourth-order valence-electron chi connectivity index (χ4n) is 10.9. The standard InChI is InChI=1S/C37H58F4N2O/c1-23(30-12-13-31-29-11-10-25-9-7-8-16-34(25,5)32(29)15-18-35(30,31)6)14-17-33(3,4)24(2)22-44-37(40,41)36(38,39)26-19-27(42)21-28(43)20-26/h19-21,23-25,29-32H,7-18,22,42-43H2,1-6H3/t23-,24?,25?,29+,30-,31+,32+,34+,35-/m1/s1. The Morgan fingerprint density at radius 1 is 0.841 bits per heavy atom. The first kappa shape index (κ1) is 33.9. The van der Waals surface area contributed by atoms with E-state index in [-0.39, 0.29) is 22.7 Å². The molecule has 0 aliphatic heterocycles. The van der Waals surface area contributed by atoms with Crippen LogP contribution in [0.3, 0.4) is 0 Å². The fraction of sp³-hybridized carbons (Fsp3) is 0.838. The molecule has 4 N–H and O–H groups in total. The van der Waals surface area contributed by atoms with Crippen molar-refractivity contribution in [1.29, 1.82) is 0 Å². The molecule has 1 aromatic rings. The maximum atomic E-state index is 14.9. The summed E-state index contributed by atoms with van der Waals surface area (Å²) in [7, 11) is 0. The lowest BCUT2D eigenvalue weighted by Gasteiger charge is -2.61. The Morgan fingerprint density at radius 3 is 2.18 bits per heavy atom. The second kappa shape index (κ2) is 11.9. The third-order valence-electron chi connectivity index (χ3n) is 14.1. The SMILES string of the molecule is CC(COC(F)(F)C(F)(F)c1cc(N)cc(N)c1)C(C)(C)CC[C@@H](C)[C@H]1CC[C@H]2[C@@H]3CCC4CCCC[C@]4(C)[C@H]3CC[C@]12C. The number of rotatable bonds is 10. The Morgan fingerprint density at radius 2 is 1.50 bits per heavy atom. The molecule has 44 heavy (non-hydrogen) atoms. The molecular weight excluding hydrogens is 564 g/mol. The van der Waals surface area contributed by atoms with Gasteiger partial charge in [0.1, 0.15) is 0 Å². The van der Waals surface area contributed by atoms with E-state index in [1.807, 2.05) is 6.92 Å². The molecule has 0 saturated heterocycles. The van der Waals surface area contributed by atoms with Gasteiger partial charge in [0.15, 0.2) is 0 Å². The summed E-state index contributed by atoms with van der Waals surface area (Å²) < 4.78 is 64.0. The normalized spacial score (nSPS) is 35.8. The van der Waals surface area contributed by atoms with Crippen LogP contribution < -0.4 is 11.5 Å². The van der Waals surface area contributed by atoms with Crippen molar-refractivity contribution in [3.8, 4) is 0 Å². The van der Waals surface area contributed by atoms with Crippen LogP contribution in [0.4, 0.5) is 28.9 Å². The number of nitrogens with two attached hydrogens (primary N) is 2. The molecule has 4 aliphatic carbocycles. The van der Waals surface area contributed by atoms with Crippen LogP contribution in [0.2, 0.25) is 0 Å². The van der Waals surface area contributed by atoms with Crippen molar-refractivity contribution < 1.29 is 22.3 Å². The van der Waals surface area contributed by atoms with E-state index in [0.29, 0.717) is 22.7 Å². The summed E-state index contributed by atoms with van der Waals surface area (Å²) in [5.41, 5.74) is 10.6. The molecule has 4 saturated carbocycles. The highest BCUT2D eigenvalue weighted by atomic mass is 19.3. The van der Waals surface area contributed by atoms with Gasteiger partial charge in [-0.15, -0.1) is 0 Å². The molecule has 4 fully saturated rings. The van der Waals surface area contributed by atoms with Gasteiger partial charge in [-0.05, 0) is 140 Å². The predicted molar refractivity (Wildman–Crippen MR) is 171 cm³/mol. The molecular formula is C37H58F4N2O. The van der Waals surface area contributed by atoms with Crippen molar-refractivity contribution in [2.75, 3.05) is 18.1 Å². The van der Waals surface area contributed by atoms with Crippen molar-refractivity contribution in [2.24, 2.45) is 57.7 Å². The van der Waals surface area contributed by atoms with Crippen molar-refractivity contribution >= 4 is 11.4 Å². The van der Waals surface area contributed by atoms with E-state index in [0.717, 1.165) is 48.6 Å². The van der Waals surface area contributed by atoms with Gasteiger partial charge < -0.3 is 16.2 Å². The number of anilines is 2. The zero-order valence-corrected chi connectivity index (χ0v) is 28.0. The highest BCUT2D eigenvalue weighted by Gasteiger charge is 2.61. The second-order valence-electron chi connectivity index (χ2n) is 16.8. The molecule has 0 spiro atoms. The topological polar surface area (TPSA) is 61.3 Å². The predicted octanol–water partition coefficient (Wildman–Crippen LogP) is 10.7. The quantitative estimate of drug-likeness (QED) is 0.202. The van der Waals surface area contributed by atoms with Gasteiger partial charge in [0.2, 0.25) is 0 Å². The molecule has 7 heteroatoms. The number of ether oxygens (including phenoxy) is 1. The molecule has 5 rings (SSSR count). The molecule has 1 aromatic carbocycles. The summed E-state index contributed by atoms with van der Waals surface area (Å²) in [6.45, 7) is 13.1. The maximum Gasteiger partial charge on any atom is 0.424 e. The summed E-state index contributed by atoms with van der Waals surface area (Å²) in [6.07, 6.45) is 11.1. The zero-order chi connectivity index (χ0) is 32.3. The highest BCUT2D eigenvalue weighted by molar-refractivity contribution is 5.55. The minimum atomic E-state index is -4.69. The molecule has 0 bridgehead atoms. The van der Waals surface area contributed by atoms with E-state index in [1.165, 1.54) is 70.3 Å². The molecule has 4 aliphatic rings. The van der Waals surface area contributed by atoms with Crippen LogP contribution in [0.5, 0.6) is 0 Å². The van der Waals surface area contributed by atoms with Crippen molar-refractivity contribution in [3.63, 3.8) is 0 Å². The molecule has 0 aromatic heterocycles. The molecule has 0 heterocycles. The number of fused-ring (bicyclic) bond motifs is 5. The van der Waals surface area contributed by atoms with Gasteiger partial charge in [0, 0.05) is 16.9 Å². The Bertz CT molecular complexity index is 1150. The summed E-state index contributed by atoms with van der Waals surface area (Å²) >= 11 is 0. The van der Waals surface area contributed by atoms with E-state index < -0.39 is 24.2 Å². The largest absolute Gasteiger partial charge is 0.424 e. The molecule has 0 amide bonds. The number of hydrogen-bond acceptors (Lipinski definition) is 3. The van der Waals surface area contributed by atoms with Crippen molar-refractivity contribution in [3.05, 3.63) is 23.8 Å². The first-order valence-corrected chi connectivity index (χ1v) is 17.5. The third kappa shape index (κ3) is 5.90. The van der Waals surface area contributed by atoms with E-state index in [9.17, 15) is 17.6 Å². The van der Waals surface area contributed by atoms with Gasteiger partial charge in [0.05, 0.1) is 6.61 Å². The van der Waals surface area contributed by atoms with Gasteiger partial charge in [-0.3, -0.25) is 0 Å². The highest BCUT2D eigenvalue weighted by Crippen LogP contribution is 2.68. The minimum absolute atomic E-state index is 0.0968. The third-order valence-corrected chi connectivity index (χ3v) is 14.1. The molecule has 9 atom stereocenters. The first-order valence-electron chi connectivity index (χ1n) is 17.5. The first-order chi connectivity index (χ1) is 20.4. The van der Waals surface area contributed by atoms with Gasteiger partial charge in [-0.2, -0.15) is 17.6 Å². The lowest BCUT2D eigenvalue weighted by atomic mass is 9.44. The van der Waals surface area contributed by atoms with E-state index in [1.54, 1.807) is 0 Å². The van der Waals surface area contributed by atoms with E-state index >= 15 is 0 Å². The Kier molecular flexibility index (Phi) is 9.19. The number of nitrogen functional groups attached to an aromatic ring is 2. The average Bonchev–Trinajstić information content (AvgIpc) is 3.31. The van der Waals surface area contributed by atoms with Gasteiger partial charge >= 0.3 is 12.0 Å². The summed E-state index contributed by atoms with van der Waals surface area (Å²) in [4.78, 5) is 0.